The van der Waals surface area contributed by atoms with Gasteiger partial charge in [0.2, 0.25) is 0 Å². The molecular weight excluding hydrogens is 648 g/mol. The molecule has 4 atom stereocenters. The number of aryl methyl sites for hydroxylation is 1. The predicted molar refractivity (Wildman–Crippen MR) is 193 cm³/mol. The van der Waals surface area contributed by atoms with Gasteiger partial charge in [-0.05, 0) is 78.4 Å². The lowest BCUT2D eigenvalue weighted by molar-refractivity contribution is -0.0368. The zero-order chi connectivity index (χ0) is 35.5. The first kappa shape index (κ1) is 33.8. The molecule has 3 fully saturated rings. The Kier molecular flexibility index (Phi) is 8.64. The molecule has 0 bridgehead atoms. The minimum atomic E-state index is -0.563. The Morgan fingerprint density at radius 3 is 2.59 bits per heavy atom. The fraction of sp³-hybridized carbons (Fsp3) is 0.622. The Morgan fingerprint density at radius 2 is 1.86 bits per heavy atom. The van der Waals surface area contributed by atoms with E-state index >= 15 is 0 Å². The number of rotatable bonds is 5. The molecule has 272 valence electrons. The molecule has 0 aromatic carbocycles. The maximum Gasteiger partial charge on any atom is 0.407 e. The monoisotopic (exact) mass is 698 g/mol. The van der Waals surface area contributed by atoms with E-state index in [1.165, 1.54) is 0 Å². The van der Waals surface area contributed by atoms with Crippen LogP contribution in [0.2, 0.25) is 0 Å². The van der Waals surface area contributed by atoms with E-state index in [4.69, 9.17) is 34.3 Å². The largest absolute Gasteiger partial charge is 0.444 e. The molecule has 8 heterocycles. The SMILES string of the molecule is C[C@@H]1OCC2(CCN(c3cnc4c(N5CC[C@H](C)c6nc(-c7cnn(C)c7)ccc65)nn(C5CCCCO5)c4n3)CC2)[C@@H]1NC(=O)OC(C)(C)C. The quantitative estimate of drug-likeness (QED) is 0.268. The summed E-state index contributed by atoms with van der Waals surface area (Å²) in [6, 6.07) is 4.10. The summed E-state index contributed by atoms with van der Waals surface area (Å²) in [6.45, 7) is 13.6. The van der Waals surface area contributed by atoms with Gasteiger partial charge in [-0.25, -0.2) is 19.4 Å². The summed E-state index contributed by atoms with van der Waals surface area (Å²) in [5.41, 5.74) is 4.78. The van der Waals surface area contributed by atoms with E-state index < -0.39 is 11.7 Å². The molecule has 1 unspecified atom stereocenters. The van der Waals surface area contributed by atoms with Gasteiger partial charge in [-0.15, -0.1) is 5.10 Å². The molecule has 4 aliphatic rings. The van der Waals surface area contributed by atoms with Crippen molar-refractivity contribution < 1.29 is 19.0 Å². The fourth-order valence-electron chi connectivity index (χ4n) is 8.23. The van der Waals surface area contributed by atoms with Gasteiger partial charge in [0.05, 0.1) is 48.2 Å². The summed E-state index contributed by atoms with van der Waals surface area (Å²) in [6.07, 6.45) is 10.7. The number of aromatic nitrogens is 7. The number of pyridine rings is 1. The lowest BCUT2D eigenvalue weighted by Crippen LogP contribution is -2.55. The lowest BCUT2D eigenvalue weighted by atomic mass is 9.73. The van der Waals surface area contributed by atoms with Gasteiger partial charge in [0.25, 0.3) is 0 Å². The summed E-state index contributed by atoms with van der Waals surface area (Å²) in [4.78, 5) is 32.8. The van der Waals surface area contributed by atoms with Crippen LogP contribution in [0.5, 0.6) is 0 Å². The second-order valence-electron chi connectivity index (χ2n) is 15.8. The summed E-state index contributed by atoms with van der Waals surface area (Å²) in [7, 11) is 1.92. The summed E-state index contributed by atoms with van der Waals surface area (Å²) in [5, 5.41) is 12.7. The van der Waals surface area contributed by atoms with Gasteiger partial charge in [-0.2, -0.15) is 5.10 Å². The molecule has 1 spiro atoms. The molecule has 51 heavy (non-hydrogen) atoms. The first-order valence-electron chi connectivity index (χ1n) is 18.5. The summed E-state index contributed by atoms with van der Waals surface area (Å²) in [5.74, 6) is 1.91. The predicted octanol–water partition coefficient (Wildman–Crippen LogP) is 5.86. The van der Waals surface area contributed by atoms with Crippen LogP contribution in [-0.2, 0) is 21.3 Å². The van der Waals surface area contributed by atoms with Crippen molar-refractivity contribution in [3.63, 3.8) is 0 Å². The van der Waals surface area contributed by atoms with E-state index in [0.717, 1.165) is 104 Å². The minimum absolute atomic E-state index is 0.0940. The highest BCUT2D eigenvalue weighted by Crippen LogP contribution is 2.44. The molecule has 0 aliphatic carbocycles. The third-order valence-corrected chi connectivity index (χ3v) is 11.0. The number of amides is 1. The van der Waals surface area contributed by atoms with Crippen molar-refractivity contribution in [1.29, 1.82) is 0 Å². The second-order valence-corrected chi connectivity index (χ2v) is 15.8. The highest BCUT2D eigenvalue weighted by molar-refractivity contribution is 5.88. The highest BCUT2D eigenvalue weighted by Gasteiger charge is 2.50. The number of alkyl carbamates (subject to hydrolysis) is 1. The second kappa shape index (κ2) is 13.0. The average Bonchev–Trinajstić information content (AvgIpc) is 3.80. The third kappa shape index (κ3) is 6.41. The Bertz CT molecular complexity index is 1900. The van der Waals surface area contributed by atoms with Gasteiger partial charge in [-0.3, -0.25) is 9.67 Å². The molecule has 4 aromatic rings. The van der Waals surface area contributed by atoms with E-state index in [-0.39, 0.29) is 23.8 Å². The zero-order valence-corrected chi connectivity index (χ0v) is 30.6. The molecule has 3 saturated heterocycles. The first-order chi connectivity index (χ1) is 24.5. The average molecular weight is 699 g/mol. The van der Waals surface area contributed by atoms with Gasteiger partial charge in [0, 0.05) is 56.4 Å². The molecule has 0 radical (unpaired) electrons. The van der Waals surface area contributed by atoms with Crippen LogP contribution in [0.25, 0.3) is 22.4 Å². The number of ether oxygens (including phenoxy) is 3. The van der Waals surface area contributed by atoms with Crippen molar-refractivity contribution in [1.82, 2.24) is 39.8 Å². The topological polar surface area (TPSA) is 138 Å². The van der Waals surface area contributed by atoms with E-state index in [1.54, 1.807) is 4.68 Å². The molecular formula is C37H50N10O4. The lowest BCUT2D eigenvalue weighted by Gasteiger charge is -2.42. The van der Waals surface area contributed by atoms with Crippen LogP contribution in [-0.4, -0.2) is 91.2 Å². The maximum absolute atomic E-state index is 12.8. The van der Waals surface area contributed by atoms with Crippen molar-refractivity contribution >= 4 is 34.6 Å². The van der Waals surface area contributed by atoms with Crippen molar-refractivity contribution in [3.8, 4) is 11.3 Å². The van der Waals surface area contributed by atoms with Crippen LogP contribution < -0.4 is 15.1 Å². The number of hydrogen-bond acceptors (Lipinski definition) is 11. The van der Waals surface area contributed by atoms with E-state index in [0.29, 0.717) is 19.1 Å². The van der Waals surface area contributed by atoms with Crippen molar-refractivity contribution in [3.05, 3.63) is 36.4 Å². The molecule has 4 aliphatic heterocycles. The number of nitrogens with one attached hydrogen (secondary N) is 1. The Morgan fingerprint density at radius 1 is 1.04 bits per heavy atom. The first-order valence-corrected chi connectivity index (χ1v) is 18.5. The van der Waals surface area contributed by atoms with Crippen LogP contribution in [0.3, 0.4) is 0 Å². The van der Waals surface area contributed by atoms with Crippen molar-refractivity contribution in [2.75, 3.05) is 42.6 Å². The third-order valence-electron chi connectivity index (χ3n) is 11.0. The van der Waals surface area contributed by atoms with Gasteiger partial charge in [0.1, 0.15) is 11.4 Å². The molecule has 0 saturated carbocycles. The van der Waals surface area contributed by atoms with Crippen LogP contribution in [0, 0.1) is 5.41 Å². The maximum atomic E-state index is 12.8. The summed E-state index contributed by atoms with van der Waals surface area (Å²) >= 11 is 0. The Hall–Kier alpha value is -4.30. The van der Waals surface area contributed by atoms with Crippen LogP contribution >= 0.6 is 0 Å². The van der Waals surface area contributed by atoms with Gasteiger partial charge in [-0.1, -0.05) is 6.92 Å². The number of carbonyl (C=O) groups excluding carboxylic acids is 1. The number of hydrogen-bond donors (Lipinski definition) is 1. The van der Waals surface area contributed by atoms with Gasteiger partial charge < -0.3 is 29.3 Å². The summed E-state index contributed by atoms with van der Waals surface area (Å²) < 4.78 is 21.8. The molecule has 1 amide bonds. The smallest absolute Gasteiger partial charge is 0.407 e. The van der Waals surface area contributed by atoms with Gasteiger partial charge in [0.15, 0.2) is 23.2 Å². The normalized spacial score (nSPS) is 25.0. The highest BCUT2D eigenvalue weighted by atomic mass is 16.6. The number of piperidine rings is 1. The Labute approximate surface area is 298 Å². The standard InChI is InChI=1S/C37H50N10O4/c1-23-12-15-46(27-11-10-26(40-30(23)27)25-19-39-44(6)21-25)34-31-33(47(43-34)29-9-7-8-18-49-29)41-28(20-38-31)45-16-13-37(14-17-45)22-50-24(2)32(37)42-35(48)51-36(3,4)5/h10-11,19-21,23-24,29,32H,7-9,12-18,22H2,1-6H3,(H,42,48)/t23-,24-,29?,32+/m0/s1. The van der Waals surface area contributed by atoms with Crippen molar-refractivity contribution in [2.45, 2.75) is 103 Å². The number of nitrogens with zero attached hydrogens (tertiary/aromatic N) is 9. The van der Waals surface area contributed by atoms with Crippen molar-refractivity contribution in [2.24, 2.45) is 12.5 Å². The molecule has 1 N–H and O–H groups in total. The van der Waals surface area contributed by atoms with E-state index in [9.17, 15) is 4.79 Å². The van der Waals surface area contributed by atoms with E-state index in [1.807, 2.05) is 58.0 Å². The van der Waals surface area contributed by atoms with E-state index in [2.05, 4.69) is 39.3 Å². The number of carbonyl (C=O) groups is 1. The van der Waals surface area contributed by atoms with Crippen LogP contribution in [0.4, 0.5) is 22.1 Å². The van der Waals surface area contributed by atoms with Gasteiger partial charge >= 0.3 is 6.09 Å². The molecule has 14 nitrogen and oxygen atoms in total. The number of anilines is 3. The molecule has 8 rings (SSSR count). The minimum Gasteiger partial charge on any atom is -0.444 e. The molecule has 14 heteroatoms. The zero-order valence-electron chi connectivity index (χ0n) is 30.6. The van der Waals surface area contributed by atoms with Crippen LogP contribution in [0.1, 0.15) is 91.0 Å². The number of fused-ring (bicyclic) bond motifs is 2. The molecule has 4 aromatic heterocycles. The van der Waals surface area contributed by atoms with Crippen LogP contribution in [0.15, 0.2) is 30.7 Å². The Balaban J connectivity index is 1.09. The fourth-order valence-corrected chi connectivity index (χ4v) is 8.23.